The molecule has 0 amide bonds. The summed E-state index contributed by atoms with van der Waals surface area (Å²) in [5.74, 6) is -0.436. The number of fused-ring (bicyclic) bond motifs is 1. The zero-order valence-corrected chi connectivity index (χ0v) is 12.6. The molecule has 1 heterocycles. The van der Waals surface area contributed by atoms with Crippen LogP contribution in [-0.4, -0.2) is 21.5 Å². The van der Waals surface area contributed by atoms with Crippen molar-refractivity contribution in [3.63, 3.8) is 0 Å². The third-order valence-corrected chi connectivity index (χ3v) is 4.90. The number of ether oxygens (including phenoxy) is 1. The van der Waals surface area contributed by atoms with Crippen LogP contribution < -0.4 is 10.0 Å². The number of benzene rings is 2. The number of anilines is 1. The Morgan fingerprint density at radius 2 is 1.77 bits per heavy atom. The highest BCUT2D eigenvalue weighted by atomic mass is 32.2. The van der Waals surface area contributed by atoms with E-state index in [0.717, 1.165) is 0 Å². The molecule has 0 saturated carbocycles. The molecule has 2 aromatic carbocycles. The summed E-state index contributed by atoms with van der Waals surface area (Å²) in [7, 11) is -2.27. The summed E-state index contributed by atoms with van der Waals surface area (Å²) in [5, 5.41) is 3.13. The first-order valence-electron chi connectivity index (χ1n) is 6.57. The number of sulfonamides is 1. The first kappa shape index (κ1) is 14.6. The van der Waals surface area contributed by atoms with Crippen molar-refractivity contribution in [2.45, 2.75) is 11.1 Å². The van der Waals surface area contributed by atoms with Crippen molar-refractivity contribution >= 4 is 21.7 Å². The Hall–Kier alpha value is -2.38. The van der Waals surface area contributed by atoms with E-state index < -0.39 is 22.2 Å². The molecule has 7 heteroatoms. The van der Waals surface area contributed by atoms with Crippen LogP contribution in [0.25, 0.3) is 0 Å². The molecule has 6 nitrogen and oxygen atoms in total. The van der Waals surface area contributed by atoms with Crippen molar-refractivity contribution in [2.24, 2.45) is 0 Å². The summed E-state index contributed by atoms with van der Waals surface area (Å²) in [6.07, 6.45) is -0.591. The van der Waals surface area contributed by atoms with Gasteiger partial charge in [-0.1, -0.05) is 24.3 Å². The largest absolute Gasteiger partial charge is 0.465 e. The molecule has 1 atom stereocenters. The molecule has 0 fully saturated rings. The Morgan fingerprint density at radius 3 is 2.45 bits per heavy atom. The highest BCUT2D eigenvalue weighted by Gasteiger charge is 2.29. The molecule has 2 aromatic rings. The lowest BCUT2D eigenvalue weighted by atomic mass is 10.1. The number of carbonyl (C=O) groups excluding carboxylic acids is 1. The lowest BCUT2D eigenvalue weighted by molar-refractivity contribution is 0.0600. The van der Waals surface area contributed by atoms with Crippen molar-refractivity contribution in [2.75, 3.05) is 12.4 Å². The molecule has 22 heavy (non-hydrogen) atoms. The van der Waals surface area contributed by atoms with E-state index in [-0.39, 0.29) is 4.90 Å². The van der Waals surface area contributed by atoms with Crippen molar-refractivity contribution in [1.29, 1.82) is 0 Å². The number of methoxy groups -OCH3 is 1. The Morgan fingerprint density at radius 1 is 1.09 bits per heavy atom. The minimum atomic E-state index is -3.57. The third-order valence-electron chi connectivity index (χ3n) is 3.41. The van der Waals surface area contributed by atoms with E-state index in [2.05, 4.69) is 14.8 Å². The molecule has 0 aliphatic carbocycles. The highest BCUT2D eigenvalue weighted by molar-refractivity contribution is 7.89. The van der Waals surface area contributed by atoms with Gasteiger partial charge in [-0.25, -0.2) is 13.2 Å². The fourth-order valence-electron chi connectivity index (χ4n) is 2.30. The molecule has 114 valence electrons. The standard InChI is InChI=1S/C15H14N2O4S/c1-21-15(18)11-8-6-10(7-9-11)14-16-12-4-2-3-5-13(12)22(19,20)17-14/h2-9,14,16-17H,1H3. The fourth-order valence-corrected chi connectivity index (χ4v) is 3.61. The maximum atomic E-state index is 12.3. The number of hydrogen-bond donors (Lipinski definition) is 2. The van der Waals surface area contributed by atoms with Gasteiger partial charge >= 0.3 is 5.97 Å². The van der Waals surface area contributed by atoms with Crippen molar-refractivity contribution in [1.82, 2.24) is 4.72 Å². The number of hydrogen-bond acceptors (Lipinski definition) is 5. The van der Waals surface area contributed by atoms with Crippen LogP contribution in [0.4, 0.5) is 5.69 Å². The number of carbonyl (C=O) groups is 1. The van der Waals surface area contributed by atoms with Gasteiger partial charge in [-0.2, -0.15) is 4.72 Å². The van der Waals surface area contributed by atoms with Crippen LogP contribution in [0.3, 0.4) is 0 Å². The number of rotatable bonds is 2. The Labute approximate surface area is 128 Å². The van der Waals surface area contributed by atoms with Crippen molar-refractivity contribution in [3.8, 4) is 0 Å². The molecular weight excluding hydrogens is 304 g/mol. The Bertz CT molecular complexity index is 816. The monoisotopic (exact) mass is 318 g/mol. The van der Waals surface area contributed by atoms with Crippen LogP contribution in [0.5, 0.6) is 0 Å². The summed E-state index contributed by atoms with van der Waals surface area (Å²) >= 11 is 0. The topological polar surface area (TPSA) is 84.5 Å². The summed E-state index contributed by atoms with van der Waals surface area (Å²) in [6, 6.07) is 13.2. The average molecular weight is 318 g/mol. The maximum absolute atomic E-state index is 12.3. The van der Waals surface area contributed by atoms with Gasteiger partial charge in [-0.15, -0.1) is 0 Å². The van der Waals surface area contributed by atoms with E-state index in [0.29, 0.717) is 16.8 Å². The quantitative estimate of drug-likeness (QED) is 0.826. The van der Waals surface area contributed by atoms with Gasteiger partial charge in [-0.05, 0) is 29.8 Å². The first-order valence-corrected chi connectivity index (χ1v) is 8.06. The fraction of sp³-hybridized carbons (Fsp3) is 0.133. The van der Waals surface area contributed by atoms with Gasteiger partial charge in [0.15, 0.2) is 0 Å². The van der Waals surface area contributed by atoms with Crippen LogP contribution in [0.2, 0.25) is 0 Å². The van der Waals surface area contributed by atoms with Crippen LogP contribution in [-0.2, 0) is 14.8 Å². The molecule has 0 spiro atoms. The minimum absolute atomic E-state index is 0.220. The summed E-state index contributed by atoms with van der Waals surface area (Å²) in [6.45, 7) is 0. The lowest BCUT2D eigenvalue weighted by Crippen LogP contribution is -2.38. The molecule has 0 radical (unpaired) electrons. The Balaban J connectivity index is 1.93. The van der Waals surface area contributed by atoms with Gasteiger partial charge in [0, 0.05) is 0 Å². The van der Waals surface area contributed by atoms with E-state index in [4.69, 9.17) is 0 Å². The van der Waals surface area contributed by atoms with Gasteiger partial charge < -0.3 is 10.1 Å². The molecule has 2 N–H and O–H groups in total. The molecule has 1 aliphatic heterocycles. The van der Waals surface area contributed by atoms with E-state index in [1.807, 2.05) is 0 Å². The van der Waals surface area contributed by atoms with Gasteiger partial charge in [0.2, 0.25) is 10.0 Å². The van der Waals surface area contributed by atoms with Crippen molar-refractivity contribution < 1.29 is 17.9 Å². The van der Waals surface area contributed by atoms with Gasteiger partial charge in [0.05, 0.1) is 18.4 Å². The van der Waals surface area contributed by atoms with Gasteiger partial charge in [0.1, 0.15) is 11.1 Å². The van der Waals surface area contributed by atoms with Gasteiger partial charge in [0.25, 0.3) is 0 Å². The molecule has 1 aliphatic rings. The van der Waals surface area contributed by atoms with Crippen LogP contribution >= 0.6 is 0 Å². The van der Waals surface area contributed by atoms with Crippen LogP contribution in [0.1, 0.15) is 22.1 Å². The predicted molar refractivity (Wildman–Crippen MR) is 80.9 cm³/mol. The van der Waals surface area contributed by atoms with E-state index >= 15 is 0 Å². The van der Waals surface area contributed by atoms with E-state index in [9.17, 15) is 13.2 Å². The number of esters is 1. The maximum Gasteiger partial charge on any atom is 0.337 e. The molecule has 0 bridgehead atoms. The lowest BCUT2D eigenvalue weighted by Gasteiger charge is -2.28. The zero-order chi connectivity index (χ0) is 15.7. The highest BCUT2D eigenvalue weighted by Crippen LogP contribution is 2.30. The smallest absolute Gasteiger partial charge is 0.337 e. The molecular formula is C15H14N2O4S. The normalized spacial score (nSPS) is 18.9. The van der Waals surface area contributed by atoms with Crippen LogP contribution in [0.15, 0.2) is 53.4 Å². The average Bonchev–Trinajstić information content (AvgIpc) is 2.53. The molecule has 1 unspecified atom stereocenters. The predicted octanol–water partition coefficient (Wildman–Crippen LogP) is 1.88. The van der Waals surface area contributed by atoms with E-state index in [1.54, 1.807) is 48.5 Å². The first-order chi connectivity index (χ1) is 10.5. The number of para-hydroxylation sites is 1. The third kappa shape index (κ3) is 2.56. The molecule has 3 rings (SSSR count). The minimum Gasteiger partial charge on any atom is -0.465 e. The molecule has 0 saturated heterocycles. The summed E-state index contributed by atoms with van der Waals surface area (Å²) in [4.78, 5) is 11.6. The second kappa shape index (κ2) is 5.43. The number of nitrogens with one attached hydrogen (secondary N) is 2. The summed E-state index contributed by atoms with van der Waals surface area (Å²) in [5.41, 5.74) is 1.65. The zero-order valence-electron chi connectivity index (χ0n) is 11.7. The SMILES string of the molecule is COC(=O)c1ccc(C2Nc3ccccc3S(=O)(=O)N2)cc1. The van der Waals surface area contributed by atoms with Crippen LogP contribution in [0, 0.1) is 0 Å². The Kier molecular flexibility index (Phi) is 3.59. The second-order valence-electron chi connectivity index (χ2n) is 4.81. The molecule has 0 aromatic heterocycles. The summed E-state index contributed by atoms with van der Waals surface area (Å²) < 4.78 is 31.7. The van der Waals surface area contributed by atoms with Crippen molar-refractivity contribution in [3.05, 3.63) is 59.7 Å². The second-order valence-corrected chi connectivity index (χ2v) is 6.49. The van der Waals surface area contributed by atoms with Gasteiger partial charge in [-0.3, -0.25) is 0 Å². The van der Waals surface area contributed by atoms with E-state index in [1.165, 1.54) is 7.11 Å².